The molecule has 2 atom stereocenters. The van der Waals surface area contributed by atoms with E-state index in [9.17, 15) is 9.90 Å². The molecule has 2 amide bonds. The maximum Gasteiger partial charge on any atom is 0.317 e. The number of hydrogen-bond acceptors (Lipinski definition) is 4. The van der Waals surface area contributed by atoms with Crippen LogP contribution in [0.2, 0.25) is 0 Å². The summed E-state index contributed by atoms with van der Waals surface area (Å²) >= 11 is 1.61. The third-order valence-corrected chi connectivity index (χ3v) is 3.84. The van der Waals surface area contributed by atoms with Crippen molar-refractivity contribution >= 4 is 17.4 Å². The summed E-state index contributed by atoms with van der Waals surface area (Å²) in [4.78, 5) is 18.8. The van der Waals surface area contributed by atoms with Crippen molar-refractivity contribution < 1.29 is 9.90 Å². The third kappa shape index (κ3) is 4.27. The predicted octanol–water partition coefficient (Wildman–Crippen LogP) is 1.79. The maximum absolute atomic E-state index is 11.8. The highest BCUT2D eigenvalue weighted by atomic mass is 32.1. The summed E-state index contributed by atoms with van der Waals surface area (Å²) in [6, 6.07) is -0.309. The fourth-order valence-corrected chi connectivity index (χ4v) is 2.38. The molecule has 2 N–H and O–H groups in total. The number of carbonyl (C=O) groups is 1. The van der Waals surface area contributed by atoms with Crippen LogP contribution >= 0.6 is 11.3 Å². The number of amides is 2. The van der Waals surface area contributed by atoms with Crippen LogP contribution in [-0.4, -0.2) is 40.7 Å². The van der Waals surface area contributed by atoms with Crippen molar-refractivity contribution in [3.8, 4) is 0 Å². The Hall–Kier alpha value is -1.14. The molecule has 0 bridgehead atoms. The van der Waals surface area contributed by atoms with Crippen LogP contribution in [0.3, 0.4) is 0 Å². The zero-order valence-electron chi connectivity index (χ0n) is 11.3. The van der Waals surface area contributed by atoms with E-state index in [-0.39, 0.29) is 12.1 Å². The van der Waals surface area contributed by atoms with Crippen molar-refractivity contribution in [3.63, 3.8) is 0 Å². The summed E-state index contributed by atoms with van der Waals surface area (Å²) in [6.45, 7) is 5.96. The Balaban J connectivity index is 2.53. The Bertz CT molecular complexity index is 392. The van der Waals surface area contributed by atoms with Crippen LogP contribution < -0.4 is 5.32 Å². The molecule has 0 aliphatic rings. The molecule has 2 unspecified atom stereocenters. The lowest BCUT2D eigenvalue weighted by molar-refractivity contribution is 0.142. The van der Waals surface area contributed by atoms with Crippen molar-refractivity contribution in [2.75, 3.05) is 13.6 Å². The zero-order valence-corrected chi connectivity index (χ0v) is 12.1. The quantitative estimate of drug-likeness (QED) is 0.858. The molecule has 0 aromatic carbocycles. The number of carbonyl (C=O) groups excluding carboxylic acids is 1. The van der Waals surface area contributed by atoms with Crippen LogP contribution in [0.25, 0.3) is 0 Å². The van der Waals surface area contributed by atoms with Crippen molar-refractivity contribution in [2.45, 2.75) is 39.3 Å². The van der Waals surface area contributed by atoms with E-state index in [4.69, 9.17) is 0 Å². The number of aliphatic hydroxyl groups is 1. The zero-order chi connectivity index (χ0) is 13.7. The van der Waals surface area contributed by atoms with E-state index in [0.717, 1.165) is 11.4 Å². The molecule has 0 saturated heterocycles. The highest BCUT2D eigenvalue weighted by Gasteiger charge is 2.16. The average Bonchev–Trinajstić information content (AvgIpc) is 2.76. The van der Waals surface area contributed by atoms with Gasteiger partial charge < -0.3 is 15.3 Å². The van der Waals surface area contributed by atoms with E-state index < -0.39 is 6.10 Å². The van der Waals surface area contributed by atoms with Crippen molar-refractivity contribution in [1.82, 2.24) is 15.2 Å². The number of rotatable bonds is 5. The number of nitrogens with one attached hydrogen (secondary N) is 1. The van der Waals surface area contributed by atoms with E-state index in [1.165, 1.54) is 9.78 Å². The first-order valence-corrected chi connectivity index (χ1v) is 6.90. The summed E-state index contributed by atoms with van der Waals surface area (Å²) in [6.07, 6.45) is 2.28. The fourth-order valence-electron chi connectivity index (χ4n) is 1.52. The number of aryl methyl sites for hydroxylation is 1. The molecule has 0 saturated carbocycles. The molecule has 5 nitrogen and oxygen atoms in total. The monoisotopic (exact) mass is 271 g/mol. The summed E-state index contributed by atoms with van der Waals surface area (Å²) < 4.78 is 0. The van der Waals surface area contributed by atoms with E-state index in [1.807, 2.05) is 13.1 Å². The minimum absolute atomic E-state index is 0.112. The molecular formula is C12H21N3O2S. The van der Waals surface area contributed by atoms with Gasteiger partial charge in [-0.2, -0.15) is 0 Å². The van der Waals surface area contributed by atoms with Crippen molar-refractivity contribution in [2.24, 2.45) is 0 Å². The van der Waals surface area contributed by atoms with Gasteiger partial charge in [-0.15, -0.1) is 11.3 Å². The molecule has 1 aromatic heterocycles. The minimum Gasteiger partial charge on any atom is -0.392 e. The highest BCUT2D eigenvalue weighted by molar-refractivity contribution is 7.11. The second-order valence-corrected chi connectivity index (χ2v) is 5.57. The van der Waals surface area contributed by atoms with E-state index in [0.29, 0.717) is 6.54 Å². The molecule has 1 heterocycles. The van der Waals surface area contributed by atoms with Crippen LogP contribution in [-0.2, 0) is 6.42 Å². The van der Waals surface area contributed by atoms with Crippen LogP contribution in [0.15, 0.2) is 6.20 Å². The van der Waals surface area contributed by atoms with Gasteiger partial charge in [0.15, 0.2) is 0 Å². The smallest absolute Gasteiger partial charge is 0.317 e. The molecular weight excluding hydrogens is 250 g/mol. The van der Waals surface area contributed by atoms with Gasteiger partial charge in [-0.25, -0.2) is 9.78 Å². The number of aromatic nitrogens is 1. The molecule has 0 radical (unpaired) electrons. The second-order valence-electron chi connectivity index (χ2n) is 4.42. The summed E-state index contributed by atoms with van der Waals surface area (Å²) in [5.74, 6) is 0. The van der Waals surface area contributed by atoms with Crippen LogP contribution in [0, 0.1) is 0 Å². The standard InChI is InChI=1S/C12H21N3O2S/c1-5-10-6-13-11(18-10)9(3)14-12(17)15(4)7-8(2)16/h6,8-9,16H,5,7H2,1-4H3,(H,14,17). The van der Waals surface area contributed by atoms with Gasteiger partial charge in [0, 0.05) is 24.7 Å². The summed E-state index contributed by atoms with van der Waals surface area (Å²) in [5.41, 5.74) is 0. The first-order chi connectivity index (χ1) is 8.43. The SMILES string of the molecule is CCc1cnc(C(C)NC(=O)N(C)CC(C)O)s1. The van der Waals surface area contributed by atoms with Crippen LogP contribution in [0.5, 0.6) is 0 Å². The lowest BCUT2D eigenvalue weighted by Gasteiger charge is -2.21. The van der Waals surface area contributed by atoms with Crippen LogP contribution in [0.4, 0.5) is 4.79 Å². The van der Waals surface area contributed by atoms with Gasteiger partial charge in [-0.3, -0.25) is 0 Å². The topological polar surface area (TPSA) is 65.5 Å². The lowest BCUT2D eigenvalue weighted by atomic mass is 10.3. The number of thiazole rings is 1. The van der Waals surface area contributed by atoms with Crippen LogP contribution in [0.1, 0.15) is 36.7 Å². The largest absolute Gasteiger partial charge is 0.392 e. The first kappa shape index (κ1) is 14.9. The van der Waals surface area contributed by atoms with Gasteiger partial charge in [-0.1, -0.05) is 6.92 Å². The molecule has 18 heavy (non-hydrogen) atoms. The van der Waals surface area contributed by atoms with Gasteiger partial charge in [0.25, 0.3) is 0 Å². The number of urea groups is 1. The predicted molar refractivity (Wildman–Crippen MR) is 72.7 cm³/mol. The fraction of sp³-hybridized carbons (Fsp3) is 0.667. The Kier molecular flexibility index (Phi) is 5.55. The highest BCUT2D eigenvalue weighted by Crippen LogP contribution is 2.20. The minimum atomic E-state index is -0.525. The molecule has 0 aliphatic carbocycles. The second kappa shape index (κ2) is 6.70. The average molecular weight is 271 g/mol. The Morgan fingerprint density at radius 2 is 2.28 bits per heavy atom. The van der Waals surface area contributed by atoms with Gasteiger partial charge in [0.05, 0.1) is 12.1 Å². The van der Waals surface area contributed by atoms with Crippen molar-refractivity contribution in [1.29, 1.82) is 0 Å². The number of nitrogens with zero attached hydrogens (tertiary/aromatic N) is 2. The van der Waals surface area contributed by atoms with Gasteiger partial charge in [-0.05, 0) is 20.3 Å². The summed E-state index contributed by atoms with van der Waals surface area (Å²) in [7, 11) is 1.66. The normalized spacial score (nSPS) is 14.1. The lowest BCUT2D eigenvalue weighted by Crippen LogP contribution is -2.41. The Morgan fingerprint density at radius 3 is 2.78 bits per heavy atom. The first-order valence-electron chi connectivity index (χ1n) is 6.08. The van der Waals surface area contributed by atoms with Gasteiger partial charge >= 0.3 is 6.03 Å². The molecule has 6 heteroatoms. The Morgan fingerprint density at radius 1 is 1.61 bits per heavy atom. The van der Waals surface area contributed by atoms with Gasteiger partial charge in [0.2, 0.25) is 0 Å². The molecule has 1 aromatic rings. The van der Waals surface area contributed by atoms with E-state index in [1.54, 1.807) is 25.3 Å². The maximum atomic E-state index is 11.8. The Labute approximate surface area is 112 Å². The molecule has 102 valence electrons. The van der Waals surface area contributed by atoms with Gasteiger partial charge in [0.1, 0.15) is 5.01 Å². The molecule has 1 rings (SSSR count). The number of aliphatic hydroxyl groups excluding tert-OH is 1. The molecule has 0 fully saturated rings. The third-order valence-electron chi connectivity index (χ3n) is 2.52. The molecule has 0 spiro atoms. The number of likely N-dealkylation sites (N-methyl/N-ethyl adjacent to an activating group) is 1. The van der Waals surface area contributed by atoms with Crippen molar-refractivity contribution in [3.05, 3.63) is 16.1 Å². The molecule has 0 aliphatic heterocycles. The summed E-state index contributed by atoms with van der Waals surface area (Å²) in [5, 5.41) is 13.0. The number of hydrogen-bond donors (Lipinski definition) is 2. The van der Waals surface area contributed by atoms with E-state index >= 15 is 0 Å². The van der Waals surface area contributed by atoms with E-state index in [2.05, 4.69) is 17.2 Å².